The Morgan fingerprint density at radius 1 is 1.42 bits per heavy atom. The first-order valence-electron chi connectivity index (χ1n) is 5.22. The normalized spacial score (nSPS) is 42.2. The Morgan fingerprint density at radius 2 is 2.25 bits per heavy atom. The highest BCUT2D eigenvalue weighted by atomic mass is 16.5. The lowest BCUT2D eigenvalue weighted by Gasteiger charge is -2.47. The van der Waals surface area contributed by atoms with Gasteiger partial charge in [-0.2, -0.15) is 0 Å². The number of rotatable bonds is 1. The van der Waals surface area contributed by atoms with E-state index in [1.165, 1.54) is 32.1 Å². The molecular formula is C10H19NO. The van der Waals surface area contributed by atoms with Crippen LogP contribution in [0.3, 0.4) is 0 Å². The number of hydrogen-bond acceptors (Lipinski definition) is 2. The lowest BCUT2D eigenvalue weighted by molar-refractivity contribution is -0.121. The van der Waals surface area contributed by atoms with Crippen molar-refractivity contribution in [3.05, 3.63) is 0 Å². The largest absolute Gasteiger partial charge is 0.363 e. The van der Waals surface area contributed by atoms with Gasteiger partial charge in [0.25, 0.3) is 0 Å². The van der Waals surface area contributed by atoms with E-state index in [0.29, 0.717) is 11.6 Å². The molecule has 0 aromatic rings. The van der Waals surface area contributed by atoms with Crippen molar-refractivity contribution in [1.29, 1.82) is 0 Å². The van der Waals surface area contributed by atoms with Crippen molar-refractivity contribution >= 4 is 0 Å². The number of nitrogens with one attached hydrogen (secondary N) is 1. The van der Waals surface area contributed by atoms with Crippen LogP contribution < -0.4 is 5.32 Å². The summed E-state index contributed by atoms with van der Waals surface area (Å²) in [5.41, 5.74) is 0.483. The minimum Gasteiger partial charge on any atom is -0.363 e. The van der Waals surface area contributed by atoms with Crippen LogP contribution in [0.2, 0.25) is 0 Å². The summed E-state index contributed by atoms with van der Waals surface area (Å²) >= 11 is 0. The zero-order chi connectivity index (χ0) is 8.44. The van der Waals surface area contributed by atoms with Gasteiger partial charge in [0.2, 0.25) is 0 Å². The fourth-order valence-electron chi connectivity index (χ4n) is 2.68. The molecular weight excluding hydrogens is 150 g/mol. The van der Waals surface area contributed by atoms with E-state index in [0.717, 1.165) is 13.2 Å². The summed E-state index contributed by atoms with van der Waals surface area (Å²) in [6.07, 6.45) is 6.94. The van der Waals surface area contributed by atoms with E-state index in [2.05, 4.69) is 12.2 Å². The van der Waals surface area contributed by atoms with Crippen molar-refractivity contribution in [2.45, 2.75) is 45.3 Å². The summed E-state index contributed by atoms with van der Waals surface area (Å²) in [6.45, 7) is 4.40. The summed E-state index contributed by atoms with van der Waals surface area (Å²) in [5.74, 6) is 0. The highest BCUT2D eigenvalue weighted by molar-refractivity contribution is 4.90. The van der Waals surface area contributed by atoms with Crippen LogP contribution in [0.4, 0.5) is 0 Å². The molecule has 0 saturated carbocycles. The molecule has 0 radical (unpaired) electrons. The van der Waals surface area contributed by atoms with Gasteiger partial charge in [-0.25, -0.2) is 0 Å². The van der Waals surface area contributed by atoms with Crippen LogP contribution in [-0.2, 0) is 4.74 Å². The van der Waals surface area contributed by atoms with Gasteiger partial charge in [-0.15, -0.1) is 0 Å². The zero-order valence-corrected chi connectivity index (χ0v) is 7.94. The molecule has 2 nitrogen and oxygen atoms in total. The lowest BCUT2D eigenvalue weighted by atomic mass is 9.72. The van der Waals surface area contributed by atoms with E-state index in [4.69, 9.17) is 4.74 Å². The molecule has 2 saturated heterocycles. The van der Waals surface area contributed by atoms with Gasteiger partial charge in [-0.3, -0.25) is 5.32 Å². The van der Waals surface area contributed by atoms with Crippen molar-refractivity contribution in [3.63, 3.8) is 0 Å². The Balaban J connectivity index is 2.10. The molecule has 0 spiro atoms. The minimum atomic E-state index is 0.366. The Kier molecular flexibility index (Phi) is 2.37. The van der Waals surface area contributed by atoms with Crippen LogP contribution in [0.15, 0.2) is 0 Å². The maximum atomic E-state index is 5.76. The Labute approximate surface area is 74.7 Å². The second kappa shape index (κ2) is 3.35. The van der Waals surface area contributed by atoms with Gasteiger partial charge in [0.05, 0.1) is 0 Å². The Bertz CT molecular complexity index is 146. The van der Waals surface area contributed by atoms with Crippen LogP contribution in [0.25, 0.3) is 0 Å². The minimum absolute atomic E-state index is 0.366. The van der Waals surface area contributed by atoms with E-state index in [-0.39, 0.29) is 0 Å². The van der Waals surface area contributed by atoms with E-state index in [1.54, 1.807) is 0 Å². The fraction of sp³-hybridized carbons (Fsp3) is 1.00. The molecule has 0 bridgehead atoms. The highest BCUT2D eigenvalue weighted by Gasteiger charge is 2.41. The molecule has 2 aliphatic rings. The molecule has 2 rings (SSSR count). The fourth-order valence-corrected chi connectivity index (χ4v) is 2.68. The second-order valence-electron chi connectivity index (χ2n) is 4.13. The van der Waals surface area contributed by atoms with Gasteiger partial charge in [-0.1, -0.05) is 6.92 Å². The molecule has 0 aromatic heterocycles. The van der Waals surface area contributed by atoms with Gasteiger partial charge in [0.15, 0.2) is 0 Å². The highest BCUT2D eigenvalue weighted by Crippen LogP contribution is 2.42. The van der Waals surface area contributed by atoms with E-state index < -0.39 is 0 Å². The maximum absolute atomic E-state index is 5.76. The van der Waals surface area contributed by atoms with Crippen molar-refractivity contribution in [3.8, 4) is 0 Å². The van der Waals surface area contributed by atoms with E-state index >= 15 is 0 Å². The van der Waals surface area contributed by atoms with Crippen molar-refractivity contribution < 1.29 is 4.74 Å². The predicted molar refractivity (Wildman–Crippen MR) is 48.9 cm³/mol. The van der Waals surface area contributed by atoms with Crippen LogP contribution in [0.1, 0.15) is 39.0 Å². The number of ether oxygens (including phenoxy) is 1. The molecule has 0 unspecified atom stereocenters. The predicted octanol–water partition coefficient (Wildman–Crippen LogP) is 1.90. The maximum Gasteiger partial charge on any atom is 0.113 e. The zero-order valence-electron chi connectivity index (χ0n) is 7.94. The summed E-state index contributed by atoms with van der Waals surface area (Å²) < 4.78 is 5.76. The van der Waals surface area contributed by atoms with Crippen LogP contribution in [0, 0.1) is 5.41 Å². The smallest absolute Gasteiger partial charge is 0.113 e. The van der Waals surface area contributed by atoms with E-state index in [9.17, 15) is 0 Å². The third kappa shape index (κ3) is 1.27. The Morgan fingerprint density at radius 3 is 3.00 bits per heavy atom. The monoisotopic (exact) mass is 169 g/mol. The average molecular weight is 169 g/mol. The van der Waals surface area contributed by atoms with Gasteiger partial charge < -0.3 is 4.74 Å². The molecule has 70 valence electrons. The van der Waals surface area contributed by atoms with Crippen molar-refractivity contribution in [1.82, 2.24) is 5.32 Å². The summed E-state index contributed by atoms with van der Waals surface area (Å²) in [4.78, 5) is 0. The molecule has 2 fully saturated rings. The lowest BCUT2D eigenvalue weighted by Crippen LogP contribution is -2.53. The first kappa shape index (κ1) is 8.52. The topological polar surface area (TPSA) is 21.3 Å². The van der Waals surface area contributed by atoms with Gasteiger partial charge >= 0.3 is 0 Å². The SMILES string of the molecule is CC[C@]12CCCN[C@H]1OCCC2. The van der Waals surface area contributed by atoms with Crippen LogP contribution >= 0.6 is 0 Å². The molecule has 0 amide bonds. The third-order valence-electron chi connectivity index (χ3n) is 3.55. The van der Waals surface area contributed by atoms with Crippen molar-refractivity contribution in [2.24, 2.45) is 5.41 Å². The molecule has 2 atom stereocenters. The molecule has 0 aromatic carbocycles. The molecule has 2 heteroatoms. The number of fused-ring (bicyclic) bond motifs is 1. The van der Waals surface area contributed by atoms with Crippen LogP contribution in [0.5, 0.6) is 0 Å². The average Bonchev–Trinajstić information content (AvgIpc) is 2.18. The second-order valence-corrected chi connectivity index (χ2v) is 4.13. The first-order chi connectivity index (χ1) is 5.87. The first-order valence-corrected chi connectivity index (χ1v) is 5.22. The van der Waals surface area contributed by atoms with Gasteiger partial charge in [-0.05, 0) is 38.6 Å². The third-order valence-corrected chi connectivity index (χ3v) is 3.55. The summed E-state index contributed by atoms with van der Waals surface area (Å²) in [6, 6.07) is 0. The van der Waals surface area contributed by atoms with Crippen LogP contribution in [-0.4, -0.2) is 19.4 Å². The summed E-state index contributed by atoms with van der Waals surface area (Å²) in [7, 11) is 0. The van der Waals surface area contributed by atoms with E-state index in [1.807, 2.05) is 0 Å². The molecule has 2 heterocycles. The number of piperidine rings is 1. The van der Waals surface area contributed by atoms with Gasteiger partial charge in [0.1, 0.15) is 6.23 Å². The molecule has 12 heavy (non-hydrogen) atoms. The molecule has 0 aliphatic carbocycles. The Hall–Kier alpha value is -0.0800. The standard InChI is InChI=1S/C10H19NO/c1-2-10-5-3-7-11-9(10)12-8-4-6-10/h9,11H,2-8H2,1H3/t9-,10+/m0/s1. The summed E-state index contributed by atoms with van der Waals surface area (Å²) in [5, 5.41) is 3.49. The van der Waals surface area contributed by atoms with Crippen molar-refractivity contribution in [2.75, 3.05) is 13.2 Å². The molecule has 2 aliphatic heterocycles. The quantitative estimate of drug-likeness (QED) is 0.647. The van der Waals surface area contributed by atoms with Gasteiger partial charge in [0, 0.05) is 12.0 Å². The number of hydrogen-bond donors (Lipinski definition) is 1. The molecule has 1 N–H and O–H groups in total.